The normalized spacial score (nSPS) is 12.1. The van der Waals surface area contributed by atoms with Crippen molar-refractivity contribution in [1.29, 1.82) is 0 Å². The Kier molecular flexibility index (Phi) is 4.61. The number of nitro groups is 1. The van der Waals surface area contributed by atoms with Crippen molar-refractivity contribution < 1.29 is 14.8 Å². The molecular weight excluding hydrogens is 228 g/mol. The first-order chi connectivity index (χ1) is 8.08. The summed E-state index contributed by atoms with van der Waals surface area (Å²) in [4.78, 5) is 14.0. The van der Waals surface area contributed by atoms with E-state index in [2.05, 4.69) is 10.3 Å². The molecule has 0 fully saturated rings. The quantitative estimate of drug-likeness (QED) is 0.473. The van der Waals surface area contributed by atoms with Crippen LogP contribution in [0.1, 0.15) is 0 Å². The van der Waals surface area contributed by atoms with E-state index >= 15 is 0 Å². The van der Waals surface area contributed by atoms with E-state index in [9.17, 15) is 10.1 Å². The summed E-state index contributed by atoms with van der Waals surface area (Å²) in [5.74, 6) is 0.179. The molecule has 0 aliphatic rings. The fourth-order valence-corrected chi connectivity index (χ4v) is 1.25. The van der Waals surface area contributed by atoms with Gasteiger partial charge in [-0.25, -0.2) is 4.98 Å². The van der Waals surface area contributed by atoms with E-state index in [0.29, 0.717) is 0 Å². The molecule has 0 aliphatic carbocycles. The summed E-state index contributed by atoms with van der Waals surface area (Å²) < 4.78 is 4.85. The van der Waals surface area contributed by atoms with Crippen molar-refractivity contribution in [2.75, 3.05) is 31.4 Å². The summed E-state index contributed by atoms with van der Waals surface area (Å²) in [6.07, 6.45) is 0. The Morgan fingerprint density at radius 3 is 2.94 bits per heavy atom. The van der Waals surface area contributed by atoms with Crippen LogP contribution < -0.4 is 11.1 Å². The number of ether oxygens (including phenoxy) is 1. The largest absolute Gasteiger partial charge is 0.394 e. The molecule has 0 spiro atoms. The number of aromatic nitrogens is 1. The van der Waals surface area contributed by atoms with Gasteiger partial charge in [-0.3, -0.25) is 10.1 Å². The zero-order valence-electron chi connectivity index (χ0n) is 9.29. The topological polar surface area (TPSA) is 124 Å². The third-order valence-corrected chi connectivity index (χ3v) is 2.02. The number of pyridine rings is 1. The zero-order chi connectivity index (χ0) is 12.8. The van der Waals surface area contributed by atoms with Crippen molar-refractivity contribution >= 4 is 17.3 Å². The van der Waals surface area contributed by atoms with E-state index in [1.54, 1.807) is 0 Å². The molecule has 1 atom stereocenters. The van der Waals surface area contributed by atoms with Crippen LogP contribution in [0.25, 0.3) is 0 Å². The number of rotatable bonds is 6. The van der Waals surface area contributed by atoms with Gasteiger partial charge >= 0.3 is 5.69 Å². The van der Waals surface area contributed by atoms with Crippen LogP contribution in [0.5, 0.6) is 0 Å². The molecule has 0 bridgehead atoms. The molecule has 8 heteroatoms. The van der Waals surface area contributed by atoms with Gasteiger partial charge < -0.3 is 20.9 Å². The van der Waals surface area contributed by atoms with Crippen molar-refractivity contribution in [3.63, 3.8) is 0 Å². The molecule has 1 aromatic rings. The number of nitrogens with one attached hydrogen (secondary N) is 1. The third-order valence-electron chi connectivity index (χ3n) is 2.02. The number of hydrogen-bond donors (Lipinski definition) is 3. The molecular formula is C9H14N4O4. The second-order valence-electron chi connectivity index (χ2n) is 3.34. The smallest absolute Gasteiger partial charge is 0.311 e. The molecule has 1 unspecified atom stereocenters. The lowest BCUT2D eigenvalue weighted by molar-refractivity contribution is -0.384. The molecule has 8 nitrogen and oxygen atoms in total. The van der Waals surface area contributed by atoms with Crippen molar-refractivity contribution in [1.82, 2.24) is 4.98 Å². The molecule has 0 aromatic carbocycles. The molecule has 0 amide bonds. The number of anilines is 2. The summed E-state index contributed by atoms with van der Waals surface area (Å²) >= 11 is 0. The van der Waals surface area contributed by atoms with E-state index in [0.717, 1.165) is 0 Å². The van der Waals surface area contributed by atoms with E-state index in [1.165, 1.54) is 19.2 Å². The zero-order valence-corrected chi connectivity index (χ0v) is 9.29. The Balaban J connectivity index is 2.94. The van der Waals surface area contributed by atoms with Crippen molar-refractivity contribution in [3.05, 3.63) is 22.2 Å². The van der Waals surface area contributed by atoms with Gasteiger partial charge in [-0.15, -0.1) is 0 Å². The molecule has 1 aromatic heterocycles. The van der Waals surface area contributed by atoms with Gasteiger partial charge in [-0.1, -0.05) is 0 Å². The lowest BCUT2D eigenvalue weighted by Crippen LogP contribution is -2.29. The number of nitrogens with two attached hydrogens (primary N) is 1. The van der Waals surface area contributed by atoms with Crippen LogP contribution in [0.2, 0.25) is 0 Å². The summed E-state index contributed by atoms with van der Waals surface area (Å²) in [6.45, 7) is -0.0361. The molecule has 1 rings (SSSR count). The highest BCUT2D eigenvalue weighted by Crippen LogP contribution is 2.23. The average molecular weight is 242 g/mol. The van der Waals surface area contributed by atoms with Crippen LogP contribution >= 0.6 is 0 Å². The predicted octanol–water partition coefficient (Wildman–Crippen LogP) is -0.00880. The number of aliphatic hydroxyl groups is 1. The molecule has 0 saturated carbocycles. The monoisotopic (exact) mass is 242 g/mol. The number of methoxy groups -OCH3 is 1. The molecule has 1 heterocycles. The van der Waals surface area contributed by atoms with Crippen LogP contribution in [-0.2, 0) is 4.74 Å². The number of hydrogen-bond acceptors (Lipinski definition) is 7. The Morgan fingerprint density at radius 2 is 2.41 bits per heavy atom. The van der Waals surface area contributed by atoms with Crippen LogP contribution in [0.3, 0.4) is 0 Å². The van der Waals surface area contributed by atoms with E-state index < -0.39 is 11.0 Å². The van der Waals surface area contributed by atoms with Crippen molar-refractivity contribution in [2.24, 2.45) is 0 Å². The minimum Gasteiger partial charge on any atom is -0.394 e. The summed E-state index contributed by atoms with van der Waals surface area (Å²) in [7, 11) is 1.46. The maximum absolute atomic E-state index is 10.8. The van der Waals surface area contributed by atoms with E-state index in [-0.39, 0.29) is 30.5 Å². The summed E-state index contributed by atoms with van der Waals surface area (Å²) in [6, 6.07) is 2.12. The first kappa shape index (κ1) is 13.1. The Labute approximate surface area is 97.6 Å². The van der Waals surface area contributed by atoms with Crippen LogP contribution in [-0.4, -0.2) is 41.4 Å². The molecule has 94 valence electrons. The average Bonchev–Trinajstić information content (AvgIpc) is 2.28. The lowest BCUT2D eigenvalue weighted by Gasteiger charge is -2.15. The Morgan fingerprint density at radius 1 is 1.71 bits per heavy atom. The lowest BCUT2D eigenvalue weighted by atomic mass is 10.3. The molecule has 0 aliphatic heterocycles. The first-order valence-electron chi connectivity index (χ1n) is 4.85. The number of nitrogen functional groups attached to an aromatic ring is 1. The van der Waals surface area contributed by atoms with E-state index in [1.807, 2.05) is 0 Å². The van der Waals surface area contributed by atoms with Gasteiger partial charge in [0.1, 0.15) is 5.82 Å². The van der Waals surface area contributed by atoms with Gasteiger partial charge in [0.05, 0.1) is 24.2 Å². The van der Waals surface area contributed by atoms with Crippen LogP contribution in [0.15, 0.2) is 12.1 Å². The number of aliphatic hydroxyl groups excluding tert-OH is 1. The maximum Gasteiger partial charge on any atom is 0.311 e. The highest BCUT2D eigenvalue weighted by atomic mass is 16.6. The second-order valence-corrected chi connectivity index (χ2v) is 3.34. The molecule has 0 radical (unpaired) electrons. The minimum atomic E-state index is -0.573. The highest BCUT2D eigenvalue weighted by Gasteiger charge is 2.18. The Bertz CT molecular complexity index is 399. The standard InChI is InChI=1S/C9H14N4O4/c1-17-5-6(4-14)11-9-7(13(15)16)2-3-8(10)12-9/h2-3,6,14H,4-5H2,1H3,(H3,10,11,12). The van der Waals surface area contributed by atoms with Gasteiger partial charge in [0, 0.05) is 13.2 Å². The molecule has 17 heavy (non-hydrogen) atoms. The minimum absolute atomic E-state index is 0.0195. The fourth-order valence-electron chi connectivity index (χ4n) is 1.25. The van der Waals surface area contributed by atoms with Gasteiger partial charge in [-0.2, -0.15) is 0 Å². The first-order valence-corrected chi connectivity index (χ1v) is 4.85. The van der Waals surface area contributed by atoms with Crippen LogP contribution in [0, 0.1) is 10.1 Å². The van der Waals surface area contributed by atoms with Crippen LogP contribution in [0.4, 0.5) is 17.3 Å². The summed E-state index contributed by atoms with van der Waals surface area (Å²) in [5, 5.41) is 22.5. The maximum atomic E-state index is 10.8. The predicted molar refractivity (Wildman–Crippen MR) is 61.7 cm³/mol. The molecule has 4 N–H and O–H groups in total. The third kappa shape index (κ3) is 3.54. The van der Waals surface area contributed by atoms with Crippen molar-refractivity contribution in [2.45, 2.75) is 6.04 Å². The fraction of sp³-hybridized carbons (Fsp3) is 0.444. The SMILES string of the molecule is COCC(CO)Nc1nc(N)ccc1[N+](=O)[O-]. The Hall–Kier alpha value is -1.93. The van der Waals surface area contributed by atoms with Gasteiger partial charge in [-0.05, 0) is 6.07 Å². The van der Waals surface area contributed by atoms with E-state index in [4.69, 9.17) is 15.6 Å². The number of nitrogens with zero attached hydrogens (tertiary/aromatic N) is 2. The highest BCUT2D eigenvalue weighted by molar-refractivity contribution is 5.59. The second kappa shape index (κ2) is 5.97. The van der Waals surface area contributed by atoms with Gasteiger partial charge in [0.15, 0.2) is 0 Å². The van der Waals surface area contributed by atoms with Crippen molar-refractivity contribution in [3.8, 4) is 0 Å². The summed E-state index contributed by atoms with van der Waals surface area (Å²) in [5.41, 5.74) is 5.25. The van der Waals surface area contributed by atoms with Gasteiger partial charge in [0.25, 0.3) is 0 Å². The van der Waals surface area contributed by atoms with Gasteiger partial charge in [0.2, 0.25) is 5.82 Å². The molecule has 0 saturated heterocycles.